The highest BCUT2D eigenvalue weighted by molar-refractivity contribution is 6.32. The zero-order chi connectivity index (χ0) is 103. The van der Waals surface area contributed by atoms with Crippen molar-refractivity contribution in [1.82, 2.24) is 47.9 Å². The molecule has 0 radical (unpaired) electrons. The quantitative estimate of drug-likeness (QED) is 0.0257. The fourth-order valence-corrected chi connectivity index (χ4v) is 17.5. The van der Waals surface area contributed by atoms with Gasteiger partial charge in [0.05, 0.1) is 74.6 Å². The molecule has 141 heavy (non-hydrogen) atoms. The number of halogens is 5. The van der Waals surface area contributed by atoms with Crippen LogP contribution in [0.25, 0.3) is 11.1 Å². The van der Waals surface area contributed by atoms with Crippen LogP contribution in [0.3, 0.4) is 0 Å². The lowest BCUT2D eigenvalue weighted by Crippen LogP contribution is -2.65. The number of hydrogen-bond donors (Lipinski definition) is 24. The highest BCUT2D eigenvalue weighted by Crippen LogP contribution is 2.51. The fraction of sp³-hybridized carbons (Fsp3) is 0.452. The normalized spacial score (nSPS) is 27.9. The van der Waals surface area contributed by atoms with Gasteiger partial charge in [-0.2, -0.15) is 0 Å². The van der Waals surface area contributed by atoms with E-state index in [9.17, 15) is 93.6 Å². The second-order valence-corrected chi connectivity index (χ2v) is 37.5. The summed E-state index contributed by atoms with van der Waals surface area (Å²) in [6, 6.07) is 8.26. The SMILES string of the molecule is CN[C@H](CC(C)C)C(=O)NC1C(=O)N[C@@H](CC(N)=O)C(=O)N[C@H]2C(=O)N[C@H]3C(=O)N[C@H](C(=O)N[C@@H](C(=O)O)c4cc(O)c(CNCC[N+](C)(C)C)c(O)c4-c4cc3ccc4O)[C@H](O[C@H]3C[C@](C)(N)[C@@H](O)[C@H](C)O3)c3ccc(c(Cl)c3)Oc3cc2cc(c3O[C@@H]2O[C@H](CO)[C@@H](O[C@@H]3O[C@H](CNCc4cccc(NC(=O)c5cccc(OC(F)(F)F)c5)c4)[C@H](O)[C@H](O)[C@H]3O)[C@H](O)[C@H]2O)Oc2ccc(cc2Cl)[C@H]1O. The van der Waals surface area contributed by atoms with Crippen LogP contribution < -0.4 is 83.6 Å². The number of phenols is 3. The van der Waals surface area contributed by atoms with Gasteiger partial charge in [-0.1, -0.05) is 73.4 Å². The number of primary amides is 1. The molecule has 7 aromatic rings. The molecule has 762 valence electrons. The van der Waals surface area contributed by atoms with Crippen molar-refractivity contribution in [1.29, 1.82) is 0 Å². The van der Waals surface area contributed by atoms with Gasteiger partial charge in [0.25, 0.3) is 5.91 Å². The van der Waals surface area contributed by atoms with Crippen LogP contribution in [0.2, 0.25) is 10.0 Å². The molecule has 15 rings (SSSR count). The van der Waals surface area contributed by atoms with E-state index < -0.39 is 309 Å². The fourth-order valence-electron chi connectivity index (χ4n) is 17.0. The molecule has 3 fully saturated rings. The number of nitrogens with one attached hydrogen (secondary N) is 10. The Kier molecular flexibility index (Phi) is 33.4. The van der Waals surface area contributed by atoms with Crippen LogP contribution >= 0.6 is 23.2 Å². The molecule has 8 heterocycles. The molecule has 11 bridgehead atoms. The number of carboxylic acid groups (broad SMARTS) is 1. The third-order valence-corrected chi connectivity index (χ3v) is 25.0. The van der Waals surface area contributed by atoms with E-state index in [-0.39, 0.29) is 66.5 Å². The number of aliphatic hydroxyl groups excluding tert-OH is 8. The summed E-state index contributed by atoms with van der Waals surface area (Å²) < 4.78 is 94.8. The van der Waals surface area contributed by atoms with Crippen molar-refractivity contribution in [3.63, 3.8) is 0 Å². The minimum atomic E-state index is -5.04. The number of hydrogen-bond acceptors (Lipinski definition) is 33. The standard InChI is InChI=1S/C93H110Cl2F3N13O30/c1-38(2)23-53(101-5)83(125)109-69-71(116)42-16-19-57(51(94)27-42)134-59-29-45-30-60(79(59)139-91-77(122)75(120)80(62(37-112)137-91)140-90-76(121)74(119)73(118)61(136-90)36-103-34-40-11-9-13-46(24-40)104-82(124)44-12-10-14-47(25-44)141-93(96,97)98)135-58-20-17-43(28-52(58)95)78(138-64-33-92(4,100)81(123)39(3)133-64)70-88(130)108-68(89(131)132)49-31-56(114)50(35-102-21-22-111(6,7)8)72(117)65(49)48-26-41(15-18-55(48)113)66(85(127)110-70)107-86(128)67(45)106-84(126)54(32-63(99)115)105-87(69)129/h9-20,24-31,38-39,53-54,61-62,64,66-71,73-78,80-81,90-91,101-103,112,116,118-123H,21-23,32-37,100H2,1-8H3,(H12-,99,104,105,106,107,108,109,110,113,114,115,117,124,125,126,127,128,129,130,131,132)/p+1/t39-,53+,54-,61+,62+,64-,66+,67+,68+,69?,70-,71+,73-,74-,75+,76+,77+,78+,80+,81-,90-,91-,92-/m0/s1. The van der Waals surface area contributed by atoms with E-state index in [2.05, 4.69) is 57.9 Å². The average Bonchev–Trinajstić information content (AvgIpc) is 0.766. The first-order chi connectivity index (χ1) is 66.5. The minimum absolute atomic E-state index is 0.0588. The maximum Gasteiger partial charge on any atom is 0.573 e. The Hall–Kier alpha value is -12.0. The van der Waals surface area contributed by atoms with Gasteiger partial charge in [0.15, 0.2) is 30.1 Å². The number of rotatable bonds is 27. The van der Waals surface area contributed by atoms with Crippen molar-refractivity contribution in [3.05, 3.63) is 176 Å². The molecule has 23 atom stereocenters. The summed E-state index contributed by atoms with van der Waals surface area (Å²) in [6.45, 7) is 5.30. The number of likely N-dealkylation sites (N-methyl/N-ethyl adjacent to an activating group) is 2. The maximum absolute atomic E-state index is 16.7. The third kappa shape index (κ3) is 25.0. The first kappa shape index (κ1) is 106. The first-order valence-corrected chi connectivity index (χ1v) is 45.4. The number of alkyl halides is 3. The second-order valence-electron chi connectivity index (χ2n) is 36.7. The molecule has 0 saturated carbocycles. The number of aliphatic hydroxyl groups is 8. The molecule has 43 nitrogen and oxygen atoms in total. The van der Waals surface area contributed by atoms with Crippen molar-refractivity contribution < 1.29 is 165 Å². The Morgan fingerprint density at radius 2 is 1.30 bits per heavy atom. The van der Waals surface area contributed by atoms with Crippen LogP contribution in [0.15, 0.2) is 121 Å². The average molecular weight is 2020 g/mol. The highest BCUT2D eigenvalue weighted by atomic mass is 35.5. The largest absolute Gasteiger partial charge is 0.573 e. The summed E-state index contributed by atoms with van der Waals surface area (Å²) in [7, 11) is 7.13. The van der Waals surface area contributed by atoms with Crippen LogP contribution in [-0.2, 0) is 75.1 Å². The van der Waals surface area contributed by atoms with Crippen molar-refractivity contribution in [2.75, 3.05) is 59.7 Å². The summed E-state index contributed by atoms with van der Waals surface area (Å²) >= 11 is 14.6. The van der Waals surface area contributed by atoms with Crippen molar-refractivity contribution in [2.24, 2.45) is 17.4 Å². The Bertz CT molecular complexity index is 5830. The predicted octanol–water partition coefficient (Wildman–Crippen LogP) is 1.67. The first-order valence-electron chi connectivity index (χ1n) is 44.6. The van der Waals surface area contributed by atoms with Crippen LogP contribution in [0.5, 0.6) is 51.7 Å². The number of amides is 8. The molecule has 0 aromatic heterocycles. The molecule has 48 heteroatoms. The second kappa shape index (κ2) is 44.3. The predicted molar refractivity (Wildman–Crippen MR) is 489 cm³/mol. The van der Waals surface area contributed by atoms with Gasteiger partial charge in [-0.25, -0.2) is 4.79 Å². The number of ether oxygens (including phenoxy) is 9. The number of carbonyl (C=O) groups excluding carboxylic acids is 8. The van der Waals surface area contributed by atoms with E-state index in [0.29, 0.717) is 16.6 Å². The number of phenolic OH excluding ortho intramolecular Hbond substituents is 3. The molecule has 7 aromatic carbocycles. The smallest absolute Gasteiger partial charge is 0.507 e. The Morgan fingerprint density at radius 1 is 0.667 bits per heavy atom. The number of quaternary nitrogens is 1. The molecule has 8 aliphatic heterocycles. The molecule has 1 unspecified atom stereocenters. The van der Waals surface area contributed by atoms with Gasteiger partial charge in [-0.3, -0.25) is 38.4 Å². The van der Waals surface area contributed by atoms with Crippen molar-refractivity contribution >= 4 is 82.1 Å². The van der Waals surface area contributed by atoms with Gasteiger partial charge in [-0.05, 0) is 146 Å². The van der Waals surface area contributed by atoms with Crippen LogP contribution in [0, 0.1) is 5.92 Å². The summed E-state index contributed by atoms with van der Waals surface area (Å²) in [5.41, 5.74) is 8.08. The van der Waals surface area contributed by atoms with Crippen molar-refractivity contribution in [2.45, 2.75) is 206 Å². The number of aromatic hydroxyl groups is 3. The number of benzene rings is 7. The monoisotopic (exact) mass is 2020 g/mol. The number of fused-ring (bicyclic) bond motifs is 15. The number of carbonyl (C=O) groups is 9. The zero-order valence-electron chi connectivity index (χ0n) is 76.9. The number of anilines is 1. The highest BCUT2D eigenvalue weighted by Gasteiger charge is 2.54. The van der Waals surface area contributed by atoms with E-state index in [1.807, 2.05) is 21.1 Å². The molecule has 8 aliphatic rings. The van der Waals surface area contributed by atoms with Gasteiger partial charge >= 0.3 is 12.3 Å². The Balaban J connectivity index is 0.945. The summed E-state index contributed by atoms with van der Waals surface area (Å²) in [5, 5.41) is 168. The molecule has 26 N–H and O–H groups in total. The zero-order valence-corrected chi connectivity index (χ0v) is 78.4. The summed E-state index contributed by atoms with van der Waals surface area (Å²) in [6.07, 6.45) is -35.5. The van der Waals surface area contributed by atoms with Crippen LogP contribution in [0.1, 0.15) is 127 Å². The molecular formula is C93H111Cl2F3N13O30+. The number of nitrogens with two attached hydrogens (primary N) is 2. The molecule has 3 saturated heterocycles. The maximum atomic E-state index is 16.7. The summed E-state index contributed by atoms with van der Waals surface area (Å²) in [4.78, 5) is 135. The topological polar surface area (TPSA) is 652 Å². The lowest BCUT2D eigenvalue weighted by Gasteiger charge is -2.46. The van der Waals surface area contributed by atoms with E-state index >= 15 is 24.0 Å². The van der Waals surface area contributed by atoms with Crippen LogP contribution in [0.4, 0.5) is 18.9 Å². The number of nitrogens with zero attached hydrogens (tertiary/aromatic N) is 1. The number of carboxylic acids is 1. The Morgan fingerprint density at radius 3 is 1.94 bits per heavy atom. The minimum Gasteiger partial charge on any atom is -0.507 e. The van der Waals surface area contributed by atoms with Gasteiger partial charge in [0, 0.05) is 66.1 Å². The number of aliphatic carboxylic acids is 1. The lowest BCUT2D eigenvalue weighted by molar-refractivity contribution is -0.869. The lowest BCUT2D eigenvalue weighted by atomic mass is 9.86. The van der Waals surface area contributed by atoms with E-state index in [1.54, 1.807) is 19.9 Å². The summed E-state index contributed by atoms with van der Waals surface area (Å²) in [5.74, 6) is -18.5. The van der Waals surface area contributed by atoms with Gasteiger partial charge in [-0.15, -0.1) is 13.2 Å². The van der Waals surface area contributed by atoms with E-state index in [1.165, 1.54) is 63.4 Å². The molecule has 8 amide bonds. The van der Waals surface area contributed by atoms with Gasteiger partial charge < -0.3 is 173 Å². The Labute approximate surface area is 813 Å². The third-order valence-electron chi connectivity index (χ3n) is 24.4. The molecule has 0 spiro atoms. The van der Waals surface area contributed by atoms with E-state index in [4.69, 9.17) is 72.6 Å². The molecular weight excluding hydrogens is 1910 g/mol. The van der Waals surface area contributed by atoms with Crippen molar-refractivity contribution in [3.8, 4) is 62.9 Å². The van der Waals surface area contributed by atoms with Gasteiger partial charge in [0.2, 0.25) is 53.4 Å². The molecule has 0 aliphatic carbocycles. The van der Waals surface area contributed by atoms with E-state index in [0.717, 1.165) is 72.8 Å². The van der Waals surface area contributed by atoms with Gasteiger partial charge in [0.1, 0.15) is 126 Å². The van der Waals surface area contributed by atoms with Crippen LogP contribution in [-0.4, -0.2) is 289 Å².